The van der Waals surface area contributed by atoms with Crippen molar-refractivity contribution in [1.29, 1.82) is 5.26 Å². The lowest BCUT2D eigenvalue weighted by molar-refractivity contribution is -0.133. The van der Waals surface area contributed by atoms with Gasteiger partial charge in [-0.05, 0) is 30.3 Å². The normalized spacial score (nSPS) is 9.83. The quantitative estimate of drug-likeness (QED) is 0.688. The molecule has 1 N–H and O–H groups in total. The molecule has 0 saturated heterocycles. The highest BCUT2D eigenvalue weighted by Crippen LogP contribution is 2.18. The monoisotopic (exact) mass is 395 g/mol. The number of ether oxygens (including phenoxy) is 2. The van der Waals surface area contributed by atoms with Crippen LogP contribution in [0.3, 0.4) is 0 Å². The lowest BCUT2D eigenvalue weighted by Crippen LogP contribution is -2.31. The second-order valence-electron chi connectivity index (χ2n) is 6.10. The van der Waals surface area contributed by atoms with Crippen LogP contribution in [0, 0.1) is 11.3 Å². The Balaban J connectivity index is 1.87. The second kappa shape index (κ2) is 10.5. The molecule has 0 aliphatic rings. The summed E-state index contributed by atoms with van der Waals surface area (Å²) in [5, 5.41) is 11.0. The fourth-order valence-corrected chi connectivity index (χ4v) is 2.46. The number of methoxy groups -OCH3 is 1. The molecule has 0 aliphatic carbocycles. The first-order valence-corrected chi connectivity index (χ1v) is 8.74. The van der Waals surface area contributed by atoms with Gasteiger partial charge in [-0.2, -0.15) is 5.26 Å². The van der Waals surface area contributed by atoms with Gasteiger partial charge in [0, 0.05) is 24.8 Å². The van der Waals surface area contributed by atoms with Crippen LogP contribution in [0.4, 0.5) is 5.69 Å². The van der Waals surface area contributed by atoms with Crippen LogP contribution in [-0.4, -0.2) is 43.4 Å². The minimum atomic E-state index is -0.654. The van der Waals surface area contributed by atoms with Crippen molar-refractivity contribution < 1.29 is 23.9 Å². The van der Waals surface area contributed by atoms with E-state index in [1.807, 2.05) is 18.2 Å². The van der Waals surface area contributed by atoms with Crippen LogP contribution in [0.1, 0.15) is 22.3 Å². The van der Waals surface area contributed by atoms with Crippen molar-refractivity contribution in [3.8, 4) is 11.8 Å². The zero-order valence-corrected chi connectivity index (χ0v) is 16.2. The summed E-state index contributed by atoms with van der Waals surface area (Å²) in [7, 11) is 3.17. The first-order valence-electron chi connectivity index (χ1n) is 8.74. The number of nitriles is 1. The number of rotatable bonds is 8. The maximum absolute atomic E-state index is 12.3. The van der Waals surface area contributed by atoms with Crippen LogP contribution in [0.25, 0.3) is 0 Å². The fraction of sp³-hybridized carbons (Fsp3) is 0.238. The molecule has 150 valence electrons. The number of hydrogen-bond acceptors (Lipinski definition) is 6. The summed E-state index contributed by atoms with van der Waals surface area (Å²) in [5.41, 5.74) is 1.53. The predicted octanol–water partition coefficient (Wildman–Crippen LogP) is 2.36. The van der Waals surface area contributed by atoms with Gasteiger partial charge in [-0.1, -0.05) is 18.2 Å². The third-order valence-electron chi connectivity index (χ3n) is 4.00. The molecule has 29 heavy (non-hydrogen) atoms. The third kappa shape index (κ3) is 6.36. The number of carbonyl (C=O) groups is 3. The molecule has 2 aromatic carbocycles. The zero-order chi connectivity index (χ0) is 21.2. The Morgan fingerprint density at radius 1 is 1.10 bits per heavy atom. The number of likely N-dealkylation sites (N-methyl/N-ethyl adjacent to an activating group) is 1. The molecular formula is C21H21N3O5. The van der Waals surface area contributed by atoms with Gasteiger partial charge in [0.15, 0.2) is 6.61 Å². The van der Waals surface area contributed by atoms with E-state index in [1.54, 1.807) is 26.3 Å². The number of anilines is 1. The van der Waals surface area contributed by atoms with E-state index >= 15 is 0 Å². The van der Waals surface area contributed by atoms with E-state index in [-0.39, 0.29) is 17.9 Å². The number of nitrogens with zero attached hydrogens (tertiary/aromatic N) is 2. The number of para-hydroxylation sites is 1. The summed E-state index contributed by atoms with van der Waals surface area (Å²) < 4.78 is 10.3. The Hall–Kier alpha value is -3.86. The predicted molar refractivity (Wildman–Crippen MR) is 105 cm³/mol. The van der Waals surface area contributed by atoms with Crippen LogP contribution < -0.4 is 10.1 Å². The van der Waals surface area contributed by atoms with E-state index in [0.29, 0.717) is 18.0 Å². The Morgan fingerprint density at radius 3 is 2.45 bits per heavy atom. The molecule has 0 atom stereocenters. The second-order valence-corrected chi connectivity index (χ2v) is 6.10. The molecule has 0 saturated carbocycles. The Kier molecular flexibility index (Phi) is 7.74. The van der Waals surface area contributed by atoms with Crippen LogP contribution in [0.2, 0.25) is 0 Å². The average Bonchev–Trinajstić information content (AvgIpc) is 2.72. The summed E-state index contributed by atoms with van der Waals surface area (Å²) in [6.07, 6.45) is -0.256. The van der Waals surface area contributed by atoms with E-state index in [9.17, 15) is 14.4 Å². The summed E-state index contributed by atoms with van der Waals surface area (Å²) in [6.45, 7) is -0.0807. The Morgan fingerprint density at radius 2 is 1.79 bits per heavy atom. The highest BCUT2D eigenvalue weighted by molar-refractivity contribution is 5.94. The minimum Gasteiger partial charge on any atom is -0.496 e. The number of nitrogens with one attached hydrogen (secondary N) is 1. The van der Waals surface area contributed by atoms with Gasteiger partial charge in [0.2, 0.25) is 5.91 Å². The molecule has 2 amide bonds. The molecule has 0 spiro atoms. The first kappa shape index (κ1) is 21.4. The van der Waals surface area contributed by atoms with Crippen LogP contribution in [0.5, 0.6) is 5.75 Å². The maximum Gasteiger partial charge on any atom is 0.338 e. The Bertz CT molecular complexity index is 919. The topological polar surface area (TPSA) is 109 Å². The summed E-state index contributed by atoms with van der Waals surface area (Å²) >= 11 is 0. The van der Waals surface area contributed by atoms with Gasteiger partial charge in [-0.25, -0.2) is 4.79 Å². The molecule has 2 rings (SSSR count). The van der Waals surface area contributed by atoms with Crippen molar-refractivity contribution in [2.75, 3.05) is 26.1 Å². The van der Waals surface area contributed by atoms with E-state index in [1.165, 1.54) is 29.2 Å². The number of amides is 2. The highest BCUT2D eigenvalue weighted by atomic mass is 16.5. The van der Waals surface area contributed by atoms with Gasteiger partial charge in [0.25, 0.3) is 5.91 Å². The zero-order valence-electron chi connectivity index (χ0n) is 16.2. The van der Waals surface area contributed by atoms with Gasteiger partial charge in [-0.3, -0.25) is 9.59 Å². The van der Waals surface area contributed by atoms with Crippen LogP contribution >= 0.6 is 0 Å². The minimum absolute atomic E-state index is 0.239. The molecule has 0 radical (unpaired) electrons. The lowest BCUT2D eigenvalue weighted by Gasteiger charge is -2.18. The van der Waals surface area contributed by atoms with Crippen molar-refractivity contribution in [3.05, 3.63) is 59.7 Å². The first-order chi connectivity index (χ1) is 13.9. The summed E-state index contributed by atoms with van der Waals surface area (Å²) in [5.74, 6) is -0.777. The van der Waals surface area contributed by atoms with E-state index in [0.717, 1.165) is 5.56 Å². The smallest absolute Gasteiger partial charge is 0.338 e. The Labute approximate surface area is 168 Å². The summed E-state index contributed by atoms with van der Waals surface area (Å²) in [4.78, 5) is 37.2. The highest BCUT2D eigenvalue weighted by Gasteiger charge is 2.15. The van der Waals surface area contributed by atoms with Crippen molar-refractivity contribution in [2.45, 2.75) is 13.0 Å². The van der Waals surface area contributed by atoms with Gasteiger partial charge in [-0.15, -0.1) is 0 Å². The van der Waals surface area contributed by atoms with Crippen molar-refractivity contribution in [2.24, 2.45) is 0 Å². The standard InChI is InChI=1S/C21H21N3O5/c1-24(13-16-5-3-4-6-18(16)28-2)20(26)14-29-21(27)15-7-9-17(10-8-15)23-19(25)11-12-22/h3-10H,11,13-14H2,1-2H3,(H,23,25). The molecule has 0 bridgehead atoms. The molecule has 2 aromatic rings. The number of benzene rings is 2. The van der Waals surface area contributed by atoms with Gasteiger partial charge < -0.3 is 19.7 Å². The number of carbonyl (C=O) groups excluding carboxylic acids is 3. The molecule has 8 heteroatoms. The molecule has 8 nitrogen and oxygen atoms in total. The van der Waals surface area contributed by atoms with E-state index in [4.69, 9.17) is 14.7 Å². The SMILES string of the molecule is COc1ccccc1CN(C)C(=O)COC(=O)c1ccc(NC(=O)CC#N)cc1. The lowest BCUT2D eigenvalue weighted by atomic mass is 10.2. The van der Waals surface area contributed by atoms with Gasteiger partial charge in [0.1, 0.15) is 12.2 Å². The van der Waals surface area contributed by atoms with Crippen LogP contribution in [-0.2, 0) is 20.9 Å². The molecule has 0 aliphatic heterocycles. The number of hydrogen-bond donors (Lipinski definition) is 1. The van der Waals surface area contributed by atoms with Gasteiger partial charge >= 0.3 is 5.97 Å². The molecule has 0 unspecified atom stereocenters. The van der Waals surface area contributed by atoms with Crippen molar-refractivity contribution in [3.63, 3.8) is 0 Å². The van der Waals surface area contributed by atoms with Gasteiger partial charge in [0.05, 0.1) is 18.7 Å². The van der Waals surface area contributed by atoms with Crippen LogP contribution in [0.15, 0.2) is 48.5 Å². The average molecular weight is 395 g/mol. The molecule has 0 fully saturated rings. The third-order valence-corrected chi connectivity index (χ3v) is 4.00. The maximum atomic E-state index is 12.3. The molecular weight excluding hydrogens is 374 g/mol. The fourth-order valence-electron chi connectivity index (χ4n) is 2.46. The van der Waals surface area contributed by atoms with Crippen molar-refractivity contribution in [1.82, 2.24) is 4.90 Å². The van der Waals surface area contributed by atoms with E-state index in [2.05, 4.69) is 5.32 Å². The van der Waals surface area contributed by atoms with Crippen molar-refractivity contribution >= 4 is 23.5 Å². The molecule has 0 heterocycles. The molecule has 0 aromatic heterocycles. The largest absolute Gasteiger partial charge is 0.496 e. The van der Waals surface area contributed by atoms with E-state index < -0.39 is 18.5 Å². The number of esters is 1. The summed E-state index contributed by atoms with van der Waals surface area (Å²) in [6, 6.07) is 15.1.